The van der Waals surface area contributed by atoms with Gasteiger partial charge in [-0.3, -0.25) is 0 Å². The zero-order chi connectivity index (χ0) is 12.2. The fourth-order valence-electron chi connectivity index (χ4n) is 1.75. The second-order valence-electron chi connectivity index (χ2n) is 4.57. The van der Waals surface area contributed by atoms with Crippen LogP contribution in [0.2, 0.25) is 0 Å². The number of hydrogen-bond donors (Lipinski definition) is 1. The average molecular weight is 256 g/mol. The molecule has 0 saturated heterocycles. The van der Waals surface area contributed by atoms with Crippen LogP contribution in [0.1, 0.15) is 18.4 Å². The van der Waals surface area contributed by atoms with Crippen LogP contribution in [0.3, 0.4) is 0 Å². The van der Waals surface area contributed by atoms with Gasteiger partial charge in [-0.05, 0) is 42.7 Å². The van der Waals surface area contributed by atoms with Crippen LogP contribution in [0.15, 0.2) is 58.6 Å². The van der Waals surface area contributed by atoms with Gasteiger partial charge < -0.3 is 5.32 Å². The van der Waals surface area contributed by atoms with Crippen LogP contribution in [0.5, 0.6) is 0 Å². The maximum absolute atomic E-state index is 4.31. The Bertz CT molecular complexity index is 492. The van der Waals surface area contributed by atoms with Gasteiger partial charge in [-0.15, -0.1) is 0 Å². The third-order valence-corrected chi connectivity index (χ3v) is 3.91. The van der Waals surface area contributed by atoms with Gasteiger partial charge in [0.25, 0.3) is 0 Å². The summed E-state index contributed by atoms with van der Waals surface area (Å²) in [6.07, 6.45) is 4.51. The summed E-state index contributed by atoms with van der Waals surface area (Å²) in [5.74, 6) is 0. The molecule has 1 fully saturated rings. The van der Waals surface area contributed by atoms with Gasteiger partial charge in [0.15, 0.2) is 0 Å². The first-order chi connectivity index (χ1) is 8.90. The van der Waals surface area contributed by atoms with Crippen molar-refractivity contribution >= 4 is 11.8 Å². The summed E-state index contributed by atoms with van der Waals surface area (Å²) in [4.78, 5) is 5.55. The second kappa shape index (κ2) is 5.55. The van der Waals surface area contributed by atoms with Gasteiger partial charge in [0, 0.05) is 23.7 Å². The molecule has 1 N–H and O–H groups in total. The van der Waals surface area contributed by atoms with E-state index in [-0.39, 0.29) is 0 Å². The van der Waals surface area contributed by atoms with E-state index in [1.807, 2.05) is 24.4 Å². The van der Waals surface area contributed by atoms with Gasteiger partial charge in [0.2, 0.25) is 0 Å². The van der Waals surface area contributed by atoms with Crippen molar-refractivity contribution in [3.05, 3.63) is 54.2 Å². The first-order valence-electron chi connectivity index (χ1n) is 6.31. The minimum Gasteiger partial charge on any atom is -0.310 e. The first kappa shape index (κ1) is 11.8. The monoisotopic (exact) mass is 256 g/mol. The Morgan fingerprint density at radius 2 is 1.94 bits per heavy atom. The molecule has 0 bridgehead atoms. The van der Waals surface area contributed by atoms with Crippen molar-refractivity contribution < 1.29 is 0 Å². The minimum absolute atomic E-state index is 0.771. The SMILES string of the molecule is c1ccc(Sc2ccc(CNC3CC3)cc2)nc1. The van der Waals surface area contributed by atoms with Crippen LogP contribution in [0.25, 0.3) is 0 Å². The molecule has 0 radical (unpaired) electrons. The fourth-order valence-corrected chi connectivity index (χ4v) is 2.53. The Labute approximate surface area is 112 Å². The fraction of sp³-hybridized carbons (Fsp3) is 0.267. The van der Waals surface area contributed by atoms with Crippen molar-refractivity contribution in [3.8, 4) is 0 Å². The molecule has 0 aliphatic heterocycles. The van der Waals surface area contributed by atoms with Crippen LogP contribution in [-0.4, -0.2) is 11.0 Å². The van der Waals surface area contributed by atoms with E-state index in [0.717, 1.165) is 17.6 Å². The highest BCUT2D eigenvalue weighted by atomic mass is 32.2. The standard InChI is InChI=1S/C15H16N2S/c1-2-10-16-15(3-1)18-14-8-4-12(5-9-14)11-17-13-6-7-13/h1-5,8-10,13,17H,6-7,11H2. The number of hydrogen-bond acceptors (Lipinski definition) is 3. The van der Waals surface area contributed by atoms with Crippen LogP contribution < -0.4 is 5.32 Å². The summed E-state index contributed by atoms with van der Waals surface area (Å²) in [7, 11) is 0. The molecule has 18 heavy (non-hydrogen) atoms. The topological polar surface area (TPSA) is 24.9 Å². The Morgan fingerprint density at radius 3 is 2.61 bits per heavy atom. The third-order valence-electron chi connectivity index (χ3n) is 2.96. The molecule has 1 heterocycles. The summed E-state index contributed by atoms with van der Waals surface area (Å²) >= 11 is 1.70. The van der Waals surface area contributed by atoms with Crippen molar-refractivity contribution in [3.63, 3.8) is 0 Å². The van der Waals surface area contributed by atoms with E-state index in [0.29, 0.717) is 0 Å². The van der Waals surface area contributed by atoms with Gasteiger partial charge in [-0.1, -0.05) is 30.0 Å². The molecule has 2 aromatic rings. The number of nitrogens with one attached hydrogen (secondary N) is 1. The Morgan fingerprint density at radius 1 is 1.11 bits per heavy atom. The van der Waals surface area contributed by atoms with Crippen LogP contribution in [0, 0.1) is 0 Å². The maximum atomic E-state index is 4.31. The summed E-state index contributed by atoms with van der Waals surface area (Å²) in [5, 5.41) is 4.57. The van der Waals surface area contributed by atoms with Crippen LogP contribution in [0.4, 0.5) is 0 Å². The van der Waals surface area contributed by atoms with Crippen molar-refractivity contribution in [2.24, 2.45) is 0 Å². The number of nitrogens with zero attached hydrogens (tertiary/aromatic N) is 1. The molecule has 0 unspecified atom stereocenters. The van der Waals surface area contributed by atoms with E-state index in [2.05, 4.69) is 34.6 Å². The lowest BCUT2D eigenvalue weighted by molar-refractivity contribution is 0.687. The Balaban J connectivity index is 1.59. The van der Waals surface area contributed by atoms with E-state index in [1.54, 1.807) is 11.8 Å². The summed E-state index contributed by atoms with van der Waals surface area (Å²) in [5.41, 5.74) is 1.35. The molecule has 3 rings (SSSR count). The summed E-state index contributed by atoms with van der Waals surface area (Å²) in [6.45, 7) is 0.985. The summed E-state index contributed by atoms with van der Waals surface area (Å²) in [6, 6.07) is 15.5. The van der Waals surface area contributed by atoms with E-state index in [9.17, 15) is 0 Å². The van der Waals surface area contributed by atoms with Gasteiger partial charge in [0.05, 0.1) is 0 Å². The van der Waals surface area contributed by atoms with Gasteiger partial charge in [0.1, 0.15) is 5.03 Å². The average Bonchev–Trinajstić information content (AvgIpc) is 3.23. The van der Waals surface area contributed by atoms with Crippen LogP contribution >= 0.6 is 11.8 Å². The highest BCUT2D eigenvalue weighted by Gasteiger charge is 2.19. The van der Waals surface area contributed by atoms with E-state index in [1.165, 1.54) is 23.3 Å². The normalized spacial score (nSPS) is 14.7. The number of pyridine rings is 1. The highest BCUT2D eigenvalue weighted by Crippen LogP contribution is 2.26. The second-order valence-corrected chi connectivity index (χ2v) is 5.66. The molecular weight excluding hydrogens is 240 g/mol. The molecule has 0 spiro atoms. The molecular formula is C15H16N2S. The van der Waals surface area contributed by atoms with E-state index in [4.69, 9.17) is 0 Å². The Kier molecular flexibility index (Phi) is 3.62. The molecule has 0 atom stereocenters. The molecule has 2 nitrogen and oxygen atoms in total. The van der Waals surface area contributed by atoms with Crippen molar-refractivity contribution in [1.29, 1.82) is 0 Å². The predicted octanol–water partition coefficient (Wildman–Crippen LogP) is 3.48. The van der Waals surface area contributed by atoms with Gasteiger partial charge >= 0.3 is 0 Å². The van der Waals surface area contributed by atoms with Gasteiger partial charge in [-0.2, -0.15) is 0 Å². The van der Waals surface area contributed by atoms with E-state index < -0.39 is 0 Å². The molecule has 1 aromatic heterocycles. The molecule has 1 aliphatic rings. The lowest BCUT2D eigenvalue weighted by atomic mass is 10.2. The van der Waals surface area contributed by atoms with Crippen molar-refractivity contribution in [2.45, 2.75) is 35.3 Å². The first-order valence-corrected chi connectivity index (χ1v) is 7.13. The van der Waals surface area contributed by atoms with Crippen molar-refractivity contribution in [2.75, 3.05) is 0 Å². The lowest BCUT2D eigenvalue weighted by Gasteiger charge is -2.04. The molecule has 92 valence electrons. The predicted molar refractivity (Wildman–Crippen MR) is 74.7 cm³/mol. The molecule has 1 aliphatic carbocycles. The van der Waals surface area contributed by atoms with Crippen LogP contribution in [-0.2, 0) is 6.54 Å². The summed E-state index contributed by atoms with van der Waals surface area (Å²) < 4.78 is 0. The Hall–Kier alpha value is -1.32. The largest absolute Gasteiger partial charge is 0.310 e. The third kappa shape index (κ3) is 3.34. The van der Waals surface area contributed by atoms with Gasteiger partial charge in [-0.25, -0.2) is 4.98 Å². The number of aromatic nitrogens is 1. The maximum Gasteiger partial charge on any atom is 0.101 e. The smallest absolute Gasteiger partial charge is 0.101 e. The quantitative estimate of drug-likeness (QED) is 0.886. The van der Waals surface area contributed by atoms with Crippen molar-refractivity contribution in [1.82, 2.24) is 10.3 Å². The molecule has 3 heteroatoms. The zero-order valence-electron chi connectivity index (χ0n) is 10.2. The zero-order valence-corrected chi connectivity index (χ0v) is 11.0. The molecule has 1 aromatic carbocycles. The molecule has 1 saturated carbocycles. The highest BCUT2D eigenvalue weighted by molar-refractivity contribution is 7.99. The van der Waals surface area contributed by atoms with E-state index >= 15 is 0 Å². The lowest BCUT2D eigenvalue weighted by Crippen LogP contribution is -2.14. The number of benzene rings is 1. The number of rotatable bonds is 5. The minimum atomic E-state index is 0.771. The molecule has 0 amide bonds.